The van der Waals surface area contributed by atoms with Crippen LogP contribution in [-0.4, -0.2) is 10.9 Å². The van der Waals surface area contributed by atoms with Crippen molar-refractivity contribution < 1.29 is 4.79 Å². The van der Waals surface area contributed by atoms with Gasteiger partial charge in [0, 0.05) is 17.3 Å². The van der Waals surface area contributed by atoms with Crippen LogP contribution in [0.25, 0.3) is 0 Å². The van der Waals surface area contributed by atoms with Gasteiger partial charge in [-0.1, -0.05) is 6.07 Å². The number of hydrogen-bond acceptors (Lipinski definition) is 4. The van der Waals surface area contributed by atoms with Gasteiger partial charge >= 0.3 is 0 Å². The summed E-state index contributed by atoms with van der Waals surface area (Å²) in [5, 5.41) is 4.81. The molecule has 0 saturated heterocycles. The molecule has 0 saturated carbocycles. The number of hydrogen-bond donors (Lipinski definition) is 2. The van der Waals surface area contributed by atoms with Gasteiger partial charge in [0.15, 0.2) is 0 Å². The number of amides is 1. The molecule has 4 nitrogen and oxygen atoms in total. The molecule has 2 heterocycles. The summed E-state index contributed by atoms with van der Waals surface area (Å²) in [4.78, 5) is 16.8. The summed E-state index contributed by atoms with van der Waals surface area (Å²) >= 11 is 1.49. The highest BCUT2D eigenvalue weighted by molar-refractivity contribution is 7.10. The maximum atomic E-state index is 12.0. The van der Waals surface area contributed by atoms with E-state index >= 15 is 0 Å². The molecular weight excluding hydrogens is 246 g/mol. The standard InChI is InChI=1S/C13H15N3OS/c1-9(10-4-6-15-7-5-10)16-13(17)12(14)11-3-2-8-18-11/h2-9,12H,14H2,1H3,(H,16,17). The fourth-order valence-corrected chi connectivity index (χ4v) is 2.36. The van der Waals surface area contributed by atoms with E-state index in [1.807, 2.05) is 36.6 Å². The van der Waals surface area contributed by atoms with Crippen LogP contribution in [0.1, 0.15) is 29.4 Å². The van der Waals surface area contributed by atoms with Gasteiger partial charge in [-0.2, -0.15) is 0 Å². The lowest BCUT2D eigenvalue weighted by molar-refractivity contribution is -0.123. The highest BCUT2D eigenvalue weighted by atomic mass is 32.1. The molecule has 0 aliphatic rings. The third-order valence-corrected chi connectivity index (χ3v) is 3.65. The van der Waals surface area contributed by atoms with E-state index in [1.54, 1.807) is 12.4 Å². The lowest BCUT2D eigenvalue weighted by Gasteiger charge is -2.17. The predicted molar refractivity (Wildman–Crippen MR) is 72.0 cm³/mol. The molecule has 0 aromatic carbocycles. The van der Waals surface area contributed by atoms with E-state index in [0.717, 1.165) is 10.4 Å². The van der Waals surface area contributed by atoms with E-state index in [2.05, 4.69) is 10.3 Å². The SMILES string of the molecule is CC(NC(=O)C(N)c1cccs1)c1ccncc1. The fourth-order valence-electron chi connectivity index (χ4n) is 1.64. The van der Waals surface area contributed by atoms with E-state index in [0.29, 0.717) is 0 Å². The van der Waals surface area contributed by atoms with Crippen LogP contribution in [0.3, 0.4) is 0 Å². The number of thiophene rings is 1. The second kappa shape index (κ2) is 5.75. The van der Waals surface area contributed by atoms with E-state index in [-0.39, 0.29) is 11.9 Å². The van der Waals surface area contributed by atoms with Crippen molar-refractivity contribution in [3.05, 3.63) is 52.5 Å². The largest absolute Gasteiger partial charge is 0.348 e. The summed E-state index contributed by atoms with van der Waals surface area (Å²) < 4.78 is 0. The third kappa shape index (κ3) is 2.94. The number of aromatic nitrogens is 1. The average Bonchev–Trinajstić information content (AvgIpc) is 2.92. The van der Waals surface area contributed by atoms with Gasteiger partial charge in [-0.05, 0) is 36.1 Å². The lowest BCUT2D eigenvalue weighted by Crippen LogP contribution is -2.35. The molecule has 2 atom stereocenters. The highest BCUT2D eigenvalue weighted by Gasteiger charge is 2.18. The number of nitrogens with zero attached hydrogens (tertiary/aromatic N) is 1. The Morgan fingerprint density at radius 1 is 1.39 bits per heavy atom. The monoisotopic (exact) mass is 261 g/mol. The van der Waals surface area contributed by atoms with Gasteiger partial charge in [0.2, 0.25) is 5.91 Å². The van der Waals surface area contributed by atoms with Gasteiger partial charge in [0.25, 0.3) is 0 Å². The maximum Gasteiger partial charge on any atom is 0.242 e. The van der Waals surface area contributed by atoms with Crippen molar-refractivity contribution in [3.8, 4) is 0 Å². The number of rotatable bonds is 4. The van der Waals surface area contributed by atoms with Gasteiger partial charge < -0.3 is 11.1 Å². The maximum absolute atomic E-state index is 12.0. The molecule has 1 amide bonds. The number of nitrogens with one attached hydrogen (secondary N) is 1. The molecule has 94 valence electrons. The molecule has 5 heteroatoms. The smallest absolute Gasteiger partial charge is 0.242 e. The molecule has 2 rings (SSSR count). The van der Waals surface area contributed by atoms with Crippen LogP contribution in [0, 0.1) is 0 Å². The van der Waals surface area contributed by atoms with Crippen LogP contribution in [-0.2, 0) is 4.79 Å². The van der Waals surface area contributed by atoms with Crippen molar-refractivity contribution in [1.29, 1.82) is 0 Å². The highest BCUT2D eigenvalue weighted by Crippen LogP contribution is 2.18. The third-order valence-electron chi connectivity index (χ3n) is 2.70. The topological polar surface area (TPSA) is 68.0 Å². The minimum absolute atomic E-state index is 0.0773. The van der Waals surface area contributed by atoms with Crippen LogP contribution < -0.4 is 11.1 Å². The lowest BCUT2D eigenvalue weighted by atomic mass is 10.1. The summed E-state index contributed by atoms with van der Waals surface area (Å²) in [6, 6.07) is 6.83. The molecule has 0 radical (unpaired) electrons. The minimum Gasteiger partial charge on any atom is -0.348 e. The first-order chi connectivity index (χ1) is 8.68. The summed E-state index contributed by atoms with van der Waals surface area (Å²) in [5.41, 5.74) is 6.91. The first-order valence-corrected chi connectivity index (χ1v) is 6.55. The Labute approximate surface area is 110 Å². The van der Waals surface area contributed by atoms with Crippen molar-refractivity contribution in [2.24, 2.45) is 5.73 Å². The zero-order chi connectivity index (χ0) is 13.0. The van der Waals surface area contributed by atoms with Crippen LogP contribution >= 0.6 is 11.3 Å². The van der Waals surface area contributed by atoms with E-state index in [1.165, 1.54) is 11.3 Å². The molecule has 2 aromatic heterocycles. The number of carbonyl (C=O) groups excluding carboxylic acids is 1. The van der Waals surface area contributed by atoms with Crippen LogP contribution in [0.15, 0.2) is 42.0 Å². The van der Waals surface area contributed by atoms with Crippen molar-refractivity contribution in [2.45, 2.75) is 19.0 Å². The van der Waals surface area contributed by atoms with Gasteiger partial charge in [0.1, 0.15) is 6.04 Å². The Morgan fingerprint density at radius 2 is 2.11 bits per heavy atom. The quantitative estimate of drug-likeness (QED) is 0.884. The van der Waals surface area contributed by atoms with Gasteiger partial charge in [-0.25, -0.2) is 0 Å². The average molecular weight is 261 g/mol. The minimum atomic E-state index is -0.603. The molecule has 0 aliphatic carbocycles. The molecule has 3 N–H and O–H groups in total. The molecule has 2 aromatic rings. The van der Waals surface area contributed by atoms with Crippen LogP contribution in [0.5, 0.6) is 0 Å². The first-order valence-electron chi connectivity index (χ1n) is 5.68. The molecule has 0 aliphatic heterocycles. The summed E-state index contributed by atoms with van der Waals surface area (Å²) in [6.07, 6.45) is 3.41. The Hall–Kier alpha value is -1.72. The normalized spacial score (nSPS) is 13.9. The zero-order valence-electron chi connectivity index (χ0n) is 10.0. The number of carbonyl (C=O) groups is 1. The molecule has 0 spiro atoms. The van der Waals surface area contributed by atoms with Crippen LogP contribution in [0.2, 0.25) is 0 Å². The van der Waals surface area contributed by atoms with Crippen LogP contribution in [0.4, 0.5) is 0 Å². The Balaban J connectivity index is 1.99. The van der Waals surface area contributed by atoms with Crippen molar-refractivity contribution >= 4 is 17.2 Å². The van der Waals surface area contributed by atoms with Gasteiger partial charge in [-0.15, -0.1) is 11.3 Å². The number of nitrogens with two attached hydrogens (primary N) is 1. The second-order valence-electron chi connectivity index (χ2n) is 4.00. The van der Waals surface area contributed by atoms with Gasteiger partial charge in [0.05, 0.1) is 6.04 Å². The predicted octanol–water partition coefficient (Wildman–Crippen LogP) is 2.02. The summed E-state index contributed by atoms with van der Waals surface area (Å²) in [7, 11) is 0. The van der Waals surface area contributed by atoms with E-state index in [4.69, 9.17) is 5.73 Å². The van der Waals surface area contributed by atoms with Crippen molar-refractivity contribution in [2.75, 3.05) is 0 Å². The Kier molecular flexibility index (Phi) is 4.07. The molecular formula is C13H15N3OS. The Bertz CT molecular complexity index is 498. The van der Waals surface area contributed by atoms with Crippen molar-refractivity contribution in [3.63, 3.8) is 0 Å². The van der Waals surface area contributed by atoms with Gasteiger partial charge in [-0.3, -0.25) is 9.78 Å². The fraction of sp³-hybridized carbons (Fsp3) is 0.231. The summed E-state index contributed by atoms with van der Waals surface area (Å²) in [5.74, 6) is -0.165. The first kappa shape index (κ1) is 12.7. The number of pyridine rings is 1. The van der Waals surface area contributed by atoms with Crippen molar-refractivity contribution in [1.82, 2.24) is 10.3 Å². The van der Waals surface area contributed by atoms with E-state index < -0.39 is 6.04 Å². The second-order valence-corrected chi connectivity index (χ2v) is 4.98. The molecule has 0 fully saturated rings. The summed E-state index contributed by atoms with van der Waals surface area (Å²) in [6.45, 7) is 1.92. The molecule has 0 bridgehead atoms. The Morgan fingerprint density at radius 3 is 2.72 bits per heavy atom. The zero-order valence-corrected chi connectivity index (χ0v) is 10.9. The molecule has 2 unspecified atom stereocenters. The van der Waals surface area contributed by atoms with E-state index in [9.17, 15) is 4.79 Å². The molecule has 18 heavy (non-hydrogen) atoms.